The molecule has 30 heavy (non-hydrogen) atoms. The van der Waals surface area contributed by atoms with Crippen molar-refractivity contribution >= 4 is 56.2 Å². The molecule has 2 aromatic heterocycles. The monoisotopic (exact) mass is 471 g/mol. The first kappa shape index (κ1) is 21.9. The van der Waals surface area contributed by atoms with Crippen molar-refractivity contribution in [1.29, 1.82) is 5.26 Å². The third-order valence-electron chi connectivity index (χ3n) is 3.41. The van der Waals surface area contributed by atoms with Gasteiger partial charge in [0.1, 0.15) is 16.8 Å². The number of carbonyl (C=O) groups is 1. The summed E-state index contributed by atoms with van der Waals surface area (Å²) in [5.41, 5.74) is 0.907. The van der Waals surface area contributed by atoms with Crippen LogP contribution in [0.15, 0.2) is 40.1 Å². The van der Waals surface area contributed by atoms with Gasteiger partial charge >= 0.3 is 6.36 Å². The number of aromatic nitrogens is 2. The first-order chi connectivity index (χ1) is 14.2. The number of amides is 1. The predicted molar refractivity (Wildman–Crippen MR) is 109 cm³/mol. The SMILES string of the molecule is CC(Sc1nnc(Nc2ccc(OC(F)(F)F)cc2)s1)C(=O)Nc1sccc1C#N. The van der Waals surface area contributed by atoms with Crippen LogP contribution < -0.4 is 15.4 Å². The van der Waals surface area contributed by atoms with Crippen molar-refractivity contribution < 1.29 is 22.7 Å². The fourth-order valence-electron chi connectivity index (χ4n) is 2.08. The highest BCUT2D eigenvalue weighted by Crippen LogP contribution is 2.32. The number of carbonyl (C=O) groups excluding carboxylic acids is 1. The molecule has 1 amide bonds. The molecule has 1 aromatic carbocycles. The Labute approximate surface area is 180 Å². The van der Waals surface area contributed by atoms with Crippen LogP contribution in [0, 0.1) is 11.3 Å². The van der Waals surface area contributed by atoms with Crippen LogP contribution in [-0.4, -0.2) is 27.7 Å². The van der Waals surface area contributed by atoms with Gasteiger partial charge in [0.2, 0.25) is 11.0 Å². The normalized spacial score (nSPS) is 12.1. The largest absolute Gasteiger partial charge is 0.573 e. The standard InChI is InChI=1S/C17H12F3N5O2S3/c1-9(13(26)23-14-10(8-21)6-7-28-14)29-16-25-24-15(30-16)22-11-2-4-12(5-3-11)27-17(18,19)20/h2-7,9H,1H3,(H,22,24)(H,23,26). The maximum Gasteiger partial charge on any atom is 0.573 e. The average Bonchev–Trinajstić information content (AvgIpc) is 3.31. The lowest BCUT2D eigenvalue weighted by Crippen LogP contribution is -2.22. The van der Waals surface area contributed by atoms with E-state index in [1.165, 1.54) is 58.7 Å². The molecule has 0 aliphatic carbocycles. The van der Waals surface area contributed by atoms with E-state index >= 15 is 0 Å². The predicted octanol–water partition coefficient (Wildman–Crippen LogP) is 5.23. The van der Waals surface area contributed by atoms with Gasteiger partial charge in [-0.15, -0.1) is 34.7 Å². The molecule has 0 radical (unpaired) electrons. The van der Waals surface area contributed by atoms with E-state index in [0.29, 0.717) is 25.7 Å². The minimum absolute atomic E-state index is 0.274. The number of thioether (sulfide) groups is 1. The number of ether oxygens (including phenoxy) is 1. The van der Waals surface area contributed by atoms with Crippen molar-refractivity contribution in [3.63, 3.8) is 0 Å². The number of rotatable bonds is 7. The zero-order valence-electron chi connectivity index (χ0n) is 15.1. The molecule has 0 fully saturated rings. The van der Waals surface area contributed by atoms with Crippen molar-refractivity contribution in [1.82, 2.24) is 10.2 Å². The summed E-state index contributed by atoms with van der Waals surface area (Å²) in [5.74, 6) is -0.601. The number of halogens is 3. The Hall–Kier alpha value is -2.82. The topological polar surface area (TPSA) is 99.9 Å². The first-order valence-corrected chi connectivity index (χ1v) is 10.7. The minimum atomic E-state index is -4.75. The van der Waals surface area contributed by atoms with Crippen LogP contribution in [0.1, 0.15) is 12.5 Å². The zero-order valence-corrected chi connectivity index (χ0v) is 17.5. The molecular weight excluding hydrogens is 459 g/mol. The van der Waals surface area contributed by atoms with Crippen LogP contribution in [-0.2, 0) is 4.79 Å². The molecule has 0 saturated heterocycles. The van der Waals surface area contributed by atoms with Gasteiger partial charge in [0.05, 0.1) is 10.8 Å². The Morgan fingerprint density at radius 1 is 1.27 bits per heavy atom. The van der Waals surface area contributed by atoms with Crippen molar-refractivity contribution in [2.75, 3.05) is 10.6 Å². The van der Waals surface area contributed by atoms with Gasteiger partial charge < -0.3 is 15.4 Å². The number of nitrogens with one attached hydrogen (secondary N) is 2. The summed E-state index contributed by atoms with van der Waals surface area (Å²) >= 11 is 3.65. The summed E-state index contributed by atoms with van der Waals surface area (Å²) in [7, 11) is 0. The van der Waals surface area contributed by atoms with E-state index < -0.39 is 11.6 Å². The molecule has 3 aromatic rings. The Kier molecular flexibility index (Phi) is 6.80. The lowest BCUT2D eigenvalue weighted by molar-refractivity contribution is -0.274. The van der Waals surface area contributed by atoms with Crippen LogP contribution >= 0.6 is 34.4 Å². The second-order valence-corrected chi connectivity index (χ2v) is 9.08. The van der Waals surface area contributed by atoms with Gasteiger partial charge in [0.25, 0.3) is 0 Å². The van der Waals surface area contributed by atoms with E-state index in [4.69, 9.17) is 5.26 Å². The second-order valence-electron chi connectivity index (χ2n) is 5.59. The fraction of sp³-hybridized carbons (Fsp3) is 0.176. The highest BCUT2D eigenvalue weighted by atomic mass is 32.2. The summed E-state index contributed by atoms with van der Waals surface area (Å²) in [4.78, 5) is 12.3. The van der Waals surface area contributed by atoms with Gasteiger partial charge in [-0.25, -0.2) is 0 Å². The van der Waals surface area contributed by atoms with Gasteiger partial charge in [-0.05, 0) is 42.6 Å². The number of benzene rings is 1. The molecule has 0 bridgehead atoms. The summed E-state index contributed by atoms with van der Waals surface area (Å²) in [5, 5.41) is 24.7. The van der Waals surface area contributed by atoms with Crippen molar-refractivity contribution in [2.45, 2.75) is 22.9 Å². The Morgan fingerprint density at radius 3 is 2.67 bits per heavy atom. The molecule has 0 saturated carbocycles. The number of hydrogen-bond acceptors (Lipinski definition) is 9. The van der Waals surface area contributed by atoms with Gasteiger partial charge in [0.15, 0.2) is 4.34 Å². The van der Waals surface area contributed by atoms with Crippen LogP contribution in [0.2, 0.25) is 0 Å². The Balaban J connectivity index is 1.55. The lowest BCUT2D eigenvalue weighted by Gasteiger charge is -2.09. The molecule has 2 heterocycles. The number of alkyl halides is 3. The Morgan fingerprint density at radius 2 is 2.00 bits per heavy atom. The molecule has 0 aliphatic heterocycles. The summed E-state index contributed by atoms with van der Waals surface area (Å²) in [6, 6.07) is 8.83. The van der Waals surface area contributed by atoms with Gasteiger partial charge in [-0.1, -0.05) is 23.1 Å². The molecule has 2 N–H and O–H groups in total. The van der Waals surface area contributed by atoms with E-state index in [1.54, 1.807) is 18.4 Å². The fourth-order valence-corrected chi connectivity index (χ4v) is 4.74. The zero-order chi connectivity index (χ0) is 21.7. The van der Waals surface area contributed by atoms with Crippen molar-refractivity contribution in [2.24, 2.45) is 0 Å². The average molecular weight is 472 g/mol. The van der Waals surface area contributed by atoms with Gasteiger partial charge in [-0.3, -0.25) is 4.79 Å². The molecular formula is C17H12F3N5O2S3. The lowest BCUT2D eigenvalue weighted by atomic mass is 10.3. The first-order valence-electron chi connectivity index (χ1n) is 8.15. The maximum atomic E-state index is 12.3. The number of nitriles is 1. The minimum Gasteiger partial charge on any atom is -0.406 e. The summed E-state index contributed by atoms with van der Waals surface area (Å²) < 4.78 is 40.9. The molecule has 0 aliphatic rings. The number of anilines is 3. The number of thiophene rings is 1. The highest BCUT2D eigenvalue weighted by Gasteiger charge is 2.31. The number of hydrogen-bond donors (Lipinski definition) is 2. The number of nitrogens with zero attached hydrogens (tertiary/aromatic N) is 3. The second kappa shape index (κ2) is 9.33. The molecule has 3 rings (SSSR count). The van der Waals surface area contributed by atoms with Gasteiger partial charge in [0, 0.05) is 5.69 Å². The van der Waals surface area contributed by atoms with Crippen molar-refractivity contribution in [3.8, 4) is 11.8 Å². The molecule has 1 atom stereocenters. The molecule has 0 spiro atoms. The third-order valence-corrected chi connectivity index (χ3v) is 6.27. The molecule has 13 heteroatoms. The molecule has 7 nitrogen and oxygen atoms in total. The molecule has 156 valence electrons. The van der Waals surface area contributed by atoms with Crippen LogP contribution in [0.4, 0.5) is 29.0 Å². The van der Waals surface area contributed by atoms with E-state index in [0.717, 1.165) is 0 Å². The molecule has 1 unspecified atom stereocenters. The van der Waals surface area contributed by atoms with E-state index in [2.05, 4.69) is 25.6 Å². The summed E-state index contributed by atoms with van der Waals surface area (Å²) in [6.07, 6.45) is -4.75. The highest BCUT2D eigenvalue weighted by molar-refractivity contribution is 8.02. The van der Waals surface area contributed by atoms with Crippen LogP contribution in [0.25, 0.3) is 0 Å². The Bertz CT molecular complexity index is 1060. The third kappa shape index (κ3) is 6.09. The van der Waals surface area contributed by atoms with Crippen LogP contribution in [0.5, 0.6) is 5.75 Å². The van der Waals surface area contributed by atoms with Crippen molar-refractivity contribution in [3.05, 3.63) is 41.3 Å². The summed E-state index contributed by atoms with van der Waals surface area (Å²) in [6.45, 7) is 1.70. The van der Waals surface area contributed by atoms with E-state index in [9.17, 15) is 18.0 Å². The smallest absolute Gasteiger partial charge is 0.406 e. The maximum absolute atomic E-state index is 12.3. The van der Waals surface area contributed by atoms with E-state index in [-0.39, 0.29) is 11.7 Å². The van der Waals surface area contributed by atoms with E-state index in [1.807, 2.05) is 6.07 Å². The quantitative estimate of drug-likeness (QED) is 0.455. The van der Waals surface area contributed by atoms with Crippen LogP contribution in [0.3, 0.4) is 0 Å². The van der Waals surface area contributed by atoms with Gasteiger partial charge in [-0.2, -0.15) is 5.26 Å².